The quantitative estimate of drug-likeness (QED) is 0.759. The van der Waals surface area contributed by atoms with Gasteiger partial charge in [-0.25, -0.2) is 0 Å². The van der Waals surface area contributed by atoms with Crippen LogP contribution in [0.5, 0.6) is 0 Å². The molecule has 1 aromatic rings. The second-order valence-corrected chi connectivity index (χ2v) is 6.76. The Morgan fingerprint density at radius 2 is 2.00 bits per heavy atom. The minimum atomic E-state index is -0.499. The van der Waals surface area contributed by atoms with Gasteiger partial charge in [-0.1, -0.05) is 0 Å². The number of halogens is 1. The molecule has 4 N–H and O–H groups in total. The van der Waals surface area contributed by atoms with Crippen LogP contribution in [-0.2, 0) is 4.79 Å². The van der Waals surface area contributed by atoms with Crippen molar-refractivity contribution in [3.63, 3.8) is 0 Å². The zero-order valence-electron chi connectivity index (χ0n) is 8.26. The third-order valence-electron chi connectivity index (χ3n) is 2.29. The number of hydrogen-bond donors (Lipinski definition) is 2. The molecule has 0 saturated carbocycles. The summed E-state index contributed by atoms with van der Waals surface area (Å²) in [6, 6.07) is 7.33. The number of carbonyl (C=O) groups excluding carboxylic acids is 1. The summed E-state index contributed by atoms with van der Waals surface area (Å²) in [5.41, 5.74) is 12.1. The van der Waals surface area contributed by atoms with Crippen molar-refractivity contribution in [1.82, 2.24) is 0 Å². The van der Waals surface area contributed by atoms with E-state index in [0.717, 1.165) is 10.0 Å². The summed E-state index contributed by atoms with van der Waals surface area (Å²) in [6.45, 7) is 0. The number of amides is 1. The van der Waals surface area contributed by atoms with Gasteiger partial charge in [0.25, 0.3) is 0 Å². The molecule has 2 unspecified atom stereocenters. The number of nitrogens with zero attached hydrogens (tertiary/aromatic N) is 1. The van der Waals surface area contributed by atoms with Gasteiger partial charge < -0.3 is 0 Å². The Kier molecular flexibility index (Phi) is 3.33. The Balaban J connectivity index is 2.28. The van der Waals surface area contributed by atoms with Crippen LogP contribution in [0.15, 0.2) is 33.7 Å². The van der Waals surface area contributed by atoms with Crippen LogP contribution in [0.4, 0.5) is 0 Å². The maximum atomic E-state index is 11.3. The van der Waals surface area contributed by atoms with Crippen molar-refractivity contribution in [2.75, 3.05) is 0 Å². The number of nitrogens with two attached hydrogens (primary N) is 2. The fourth-order valence-corrected chi connectivity index (χ4v) is 4.02. The molecule has 84 valence electrons. The van der Waals surface area contributed by atoms with Gasteiger partial charge in [0.2, 0.25) is 0 Å². The van der Waals surface area contributed by atoms with Gasteiger partial charge in [0.05, 0.1) is 0 Å². The van der Waals surface area contributed by atoms with E-state index in [2.05, 4.69) is 20.9 Å². The first-order valence-corrected chi connectivity index (χ1v) is 7.26. The number of carbonyl (C=O) groups is 1. The van der Waals surface area contributed by atoms with Gasteiger partial charge in [-0.3, -0.25) is 0 Å². The molecule has 4 nitrogen and oxygen atoms in total. The number of benzene rings is 1. The number of hydrogen-bond acceptors (Lipinski definition) is 3. The van der Waals surface area contributed by atoms with Crippen LogP contribution in [0.25, 0.3) is 0 Å². The fourth-order valence-electron chi connectivity index (χ4n) is 1.55. The molecule has 0 radical (unpaired) electrons. The molecular weight excluding hydrogens is 337 g/mol. The first-order chi connectivity index (χ1) is 7.58. The number of rotatable bonds is 2. The number of primary amides is 1. The van der Waals surface area contributed by atoms with Crippen LogP contribution in [0.1, 0.15) is 10.4 Å². The van der Waals surface area contributed by atoms with Crippen molar-refractivity contribution < 1.29 is 4.79 Å². The molecule has 1 aliphatic rings. The van der Waals surface area contributed by atoms with E-state index in [1.54, 1.807) is 0 Å². The van der Waals surface area contributed by atoms with Crippen molar-refractivity contribution in [2.45, 2.75) is 10.9 Å². The van der Waals surface area contributed by atoms with Gasteiger partial charge in [0.1, 0.15) is 0 Å². The topological polar surface area (TPSA) is 81.5 Å². The monoisotopic (exact) mass is 347 g/mol. The van der Waals surface area contributed by atoms with Crippen molar-refractivity contribution >= 4 is 41.5 Å². The van der Waals surface area contributed by atoms with Crippen LogP contribution >= 0.6 is 15.9 Å². The summed E-state index contributed by atoms with van der Waals surface area (Å²) in [5.74, 6) is -0.407. The van der Waals surface area contributed by atoms with E-state index >= 15 is 0 Å². The molecule has 0 aromatic heterocycles. The third-order valence-corrected chi connectivity index (χ3v) is 5.19. The molecule has 6 heteroatoms. The predicted octanol–water partition coefficient (Wildman–Crippen LogP) is 0.377. The summed E-state index contributed by atoms with van der Waals surface area (Å²) in [7, 11) is 0. The molecule has 1 amide bonds. The molecule has 1 heterocycles. The van der Waals surface area contributed by atoms with Gasteiger partial charge in [-0.2, -0.15) is 0 Å². The third kappa shape index (κ3) is 2.29. The van der Waals surface area contributed by atoms with Crippen LogP contribution in [0.3, 0.4) is 0 Å². The molecule has 1 aliphatic heterocycles. The average Bonchev–Trinajstić information content (AvgIpc) is 2.61. The summed E-state index contributed by atoms with van der Waals surface area (Å²) in [5, 5.41) is 0. The molecule has 2 rings (SSSR count). The minimum absolute atomic E-state index is 0.00747. The van der Waals surface area contributed by atoms with E-state index in [4.69, 9.17) is 11.5 Å². The Morgan fingerprint density at radius 3 is 2.56 bits per heavy atom. The first-order valence-electron chi connectivity index (χ1n) is 4.62. The molecule has 0 saturated heterocycles. The summed E-state index contributed by atoms with van der Waals surface area (Å²) in [4.78, 5) is 15.4. The SMILES string of the molecule is NC(=O)C1N=C(N)[Se]C1c1ccc(Br)cc1. The second-order valence-electron chi connectivity index (χ2n) is 3.40. The van der Waals surface area contributed by atoms with Gasteiger partial charge in [-0.05, 0) is 0 Å². The molecule has 16 heavy (non-hydrogen) atoms. The Labute approximate surface area is 108 Å². The molecule has 2 atom stereocenters. The van der Waals surface area contributed by atoms with Gasteiger partial charge in [0.15, 0.2) is 0 Å². The summed E-state index contributed by atoms with van der Waals surface area (Å²) >= 11 is 3.38. The van der Waals surface area contributed by atoms with E-state index < -0.39 is 11.9 Å². The molecular formula is C10H10BrN3OSe. The Bertz CT molecular complexity index is 446. The Hall–Kier alpha value is -0.841. The standard InChI is InChI=1S/C10H10BrN3OSe/c11-6-3-1-5(2-4-6)8-7(9(12)15)14-10(13)16-8/h1-4,7-8H,(H2,12,15)(H2,13,14). The van der Waals surface area contributed by atoms with Crippen LogP contribution < -0.4 is 11.5 Å². The van der Waals surface area contributed by atoms with Crippen molar-refractivity contribution in [3.8, 4) is 0 Å². The molecule has 0 bridgehead atoms. The van der Waals surface area contributed by atoms with E-state index in [1.165, 1.54) is 0 Å². The molecule has 0 aliphatic carbocycles. The van der Waals surface area contributed by atoms with Crippen LogP contribution in [-0.4, -0.2) is 31.6 Å². The second kappa shape index (κ2) is 4.57. The van der Waals surface area contributed by atoms with Crippen molar-refractivity contribution in [3.05, 3.63) is 34.3 Å². The zero-order valence-corrected chi connectivity index (χ0v) is 11.6. The fraction of sp³-hybridized carbons (Fsp3) is 0.200. The number of amidine groups is 1. The molecule has 0 fully saturated rings. The predicted molar refractivity (Wildman–Crippen MR) is 67.2 cm³/mol. The van der Waals surface area contributed by atoms with E-state index in [-0.39, 0.29) is 19.8 Å². The van der Waals surface area contributed by atoms with Crippen molar-refractivity contribution in [2.24, 2.45) is 16.5 Å². The number of aliphatic imine (C=N–C) groups is 1. The normalized spacial score (nSPS) is 24.2. The van der Waals surface area contributed by atoms with Gasteiger partial charge in [0, 0.05) is 0 Å². The van der Waals surface area contributed by atoms with Crippen LogP contribution in [0.2, 0.25) is 0 Å². The van der Waals surface area contributed by atoms with Gasteiger partial charge in [-0.15, -0.1) is 0 Å². The van der Waals surface area contributed by atoms with Crippen molar-refractivity contribution in [1.29, 1.82) is 0 Å². The Morgan fingerprint density at radius 1 is 1.38 bits per heavy atom. The van der Waals surface area contributed by atoms with Crippen LogP contribution in [0, 0.1) is 0 Å². The maximum absolute atomic E-state index is 11.3. The zero-order chi connectivity index (χ0) is 11.7. The average molecular weight is 347 g/mol. The molecule has 1 aromatic carbocycles. The molecule has 0 spiro atoms. The van der Waals surface area contributed by atoms with E-state index in [0.29, 0.717) is 4.73 Å². The first kappa shape index (κ1) is 11.6. The summed E-state index contributed by atoms with van der Waals surface area (Å²) < 4.78 is 1.57. The van der Waals surface area contributed by atoms with E-state index in [1.807, 2.05) is 24.3 Å². The summed E-state index contributed by atoms with van der Waals surface area (Å²) in [6.07, 6.45) is 0. The van der Waals surface area contributed by atoms with E-state index in [9.17, 15) is 4.79 Å². The van der Waals surface area contributed by atoms with Gasteiger partial charge >= 0.3 is 108 Å².